The van der Waals surface area contributed by atoms with Gasteiger partial charge in [0.2, 0.25) is 5.91 Å². The number of carboxylic acids is 1. The number of amides is 2. The number of terminal acetylenes is 1. The van der Waals surface area contributed by atoms with Crippen LogP contribution in [0.1, 0.15) is 12.6 Å². The number of ether oxygens (including phenoxy) is 1. The number of β-lactam (4-membered cyclic amide) rings is 1. The minimum absolute atomic E-state index is 0.0216. The number of carbonyl (C=O) groups excluding carboxylic acids is 3. The van der Waals surface area contributed by atoms with Crippen LogP contribution in [0.5, 0.6) is 0 Å². The number of nitrogens with one attached hydrogen (secondary N) is 3. The number of thioether (sulfide) groups is 1. The third-order valence-corrected chi connectivity index (χ3v) is 5.55. The number of H-pyrrole nitrogens is 1. The lowest BCUT2D eigenvalue weighted by atomic mass is 10.0. The first-order chi connectivity index (χ1) is 14.2. The van der Waals surface area contributed by atoms with E-state index in [4.69, 9.17) is 11.2 Å². The number of aromatic nitrogens is 2. The van der Waals surface area contributed by atoms with Crippen LogP contribution in [0.25, 0.3) is 0 Å². The first-order valence-electron chi connectivity index (χ1n) is 8.53. The first-order valence-corrected chi connectivity index (χ1v) is 9.58. The third-order valence-electron chi connectivity index (χ3n) is 4.30. The number of hydrogen-bond acceptors (Lipinski definition) is 8. The second-order valence-corrected chi connectivity index (χ2v) is 7.42. The molecule has 30 heavy (non-hydrogen) atoms. The summed E-state index contributed by atoms with van der Waals surface area (Å²) in [6.45, 7) is 1.12. The molecule has 1 aromatic heterocycles. The van der Waals surface area contributed by atoms with E-state index in [1.807, 2.05) is 0 Å². The zero-order chi connectivity index (χ0) is 22.0. The molecule has 2 amide bonds. The van der Waals surface area contributed by atoms with E-state index in [9.17, 15) is 28.7 Å². The van der Waals surface area contributed by atoms with Crippen molar-refractivity contribution in [2.75, 3.05) is 5.75 Å². The average Bonchev–Trinajstić information content (AvgIpc) is 3.09. The minimum Gasteiger partial charge on any atom is -0.476 e. The summed E-state index contributed by atoms with van der Waals surface area (Å²) in [6.07, 6.45) is 5.58. The van der Waals surface area contributed by atoms with Crippen molar-refractivity contribution in [3.8, 4) is 12.5 Å². The van der Waals surface area contributed by atoms with Crippen molar-refractivity contribution < 1.29 is 33.4 Å². The fourth-order valence-electron chi connectivity index (χ4n) is 3.06. The lowest BCUT2D eigenvalue weighted by molar-refractivity contribution is -0.152. The monoisotopic (exact) mass is 437 g/mol. The van der Waals surface area contributed by atoms with Gasteiger partial charge in [0.25, 0.3) is 12.0 Å². The summed E-state index contributed by atoms with van der Waals surface area (Å²) in [7, 11) is 0. The molecule has 3 atom stereocenters. The van der Waals surface area contributed by atoms with Crippen molar-refractivity contribution in [1.29, 1.82) is 0 Å². The Labute approximate surface area is 173 Å². The van der Waals surface area contributed by atoms with Crippen LogP contribution < -0.4 is 10.6 Å². The van der Waals surface area contributed by atoms with Crippen LogP contribution in [0.3, 0.4) is 0 Å². The number of hydrogen-bond donors (Lipinski definition) is 4. The van der Waals surface area contributed by atoms with Gasteiger partial charge >= 0.3 is 11.9 Å². The Bertz CT molecular complexity index is 986. The number of nitrogens with zero attached hydrogens (tertiary/aromatic N) is 2. The van der Waals surface area contributed by atoms with Gasteiger partial charge in [-0.2, -0.15) is 4.39 Å². The Balaban J connectivity index is 1.72. The highest BCUT2D eigenvalue weighted by Crippen LogP contribution is 2.40. The number of imidazole rings is 1. The molecule has 1 saturated heterocycles. The van der Waals surface area contributed by atoms with Crippen molar-refractivity contribution >= 4 is 35.5 Å². The SMILES string of the molecule is C#CNC(Cc1cnc(F)[nH]1)C(=O)NC1C(=O)N2C(C(=O)O)=C(OC(C)=O)CSC12. The van der Waals surface area contributed by atoms with Crippen molar-refractivity contribution in [3.63, 3.8) is 0 Å². The van der Waals surface area contributed by atoms with E-state index in [0.29, 0.717) is 5.69 Å². The smallest absolute Gasteiger partial charge is 0.356 e. The molecule has 0 bridgehead atoms. The largest absolute Gasteiger partial charge is 0.476 e. The van der Waals surface area contributed by atoms with Gasteiger partial charge in [-0.25, -0.2) is 9.78 Å². The van der Waals surface area contributed by atoms with Crippen LogP contribution in [0.2, 0.25) is 0 Å². The van der Waals surface area contributed by atoms with Gasteiger partial charge in [0.05, 0.1) is 11.9 Å². The molecule has 0 spiro atoms. The summed E-state index contributed by atoms with van der Waals surface area (Å²) in [6, 6.07) is 0.133. The summed E-state index contributed by atoms with van der Waals surface area (Å²) in [5.41, 5.74) is -0.123. The summed E-state index contributed by atoms with van der Waals surface area (Å²) in [4.78, 5) is 54.7. The maximum Gasteiger partial charge on any atom is 0.356 e. The number of rotatable bonds is 7. The van der Waals surface area contributed by atoms with Gasteiger partial charge in [-0.15, -0.1) is 11.8 Å². The van der Waals surface area contributed by atoms with Gasteiger partial charge in [0.15, 0.2) is 5.70 Å². The zero-order valence-corrected chi connectivity index (χ0v) is 16.3. The molecular formula is C17H16FN5O6S. The number of carbonyl (C=O) groups is 4. The number of carboxylic acid groups (broad SMARTS) is 1. The van der Waals surface area contributed by atoms with E-state index >= 15 is 0 Å². The first kappa shape index (κ1) is 21.2. The summed E-state index contributed by atoms with van der Waals surface area (Å²) >= 11 is 1.14. The van der Waals surface area contributed by atoms with Crippen LogP contribution in [0.15, 0.2) is 17.7 Å². The molecule has 158 valence electrons. The van der Waals surface area contributed by atoms with Gasteiger partial charge in [-0.3, -0.25) is 19.3 Å². The Kier molecular flexibility index (Phi) is 5.97. The van der Waals surface area contributed by atoms with E-state index < -0.39 is 53.0 Å². The lowest BCUT2D eigenvalue weighted by Gasteiger charge is -2.49. The average molecular weight is 437 g/mol. The van der Waals surface area contributed by atoms with E-state index in [0.717, 1.165) is 23.6 Å². The van der Waals surface area contributed by atoms with Gasteiger partial charge in [-0.1, -0.05) is 6.42 Å². The maximum atomic E-state index is 13.0. The minimum atomic E-state index is -1.43. The lowest BCUT2D eigenvalue weighted by Crippen LogP contribution is -2.71. The molecule has 0 saturated carbocycles. The fourth-order valence-corrected chi connectivity index (χ4v) is 4.31. The van der Waals surface area contributed by atoms with E-state index in [-0.39, 0.29) is 17.9 Å². The van der Waals surface area contributed by atoms with Gasteiger partial charge < -0.3 is 25.5 Å². The van der Waals surface area contributed by atoms with Crippen molar-refractivity contribution in [2.24, 2.45) is 0 Å². The van der Waals surface area contributed by atoms with Gasteiger partial charge in [-0.05, 0) is 0 Å². The number of aromatic amines is 1. The molecule has 4 N–H and O–H groups in total. The molecule has 0 aromatic carbocycles. The van der Waals surface area contributed by atoms with Crippen LogP contribution in [-0.2, 0) is 30.3 Å². The van der Waals surface area contributed by atoms with E-state index in [1.165, 1.54) is 6.20 Å². The van der Waals surface area contributed by atoms with Crippen molar-refractivity contribution in [1.82, 2.24) is 25.5 Å². The summed E-state index contributed by atoms with van der Waals surface area (Å²) in [5.74, 6) is -3.55. The van der Waals surface area contributed by atoms with Gasteiger partial charge in [0.1, 0.15) is 23.2 Å². The molecule has 1 aromatic rings. The van der Waals surface area contributed by atoms with Crippen LogP contribution in [0, 0.1) is 18.5 Å². The van der Waals surface area contributed by atoms with Crippen LogP contribution in [-0.4, -0.2) is 66.9 Å². The predicted molar refractivity (Wildman–Crippen MR) is 99.5 cm³/mol. The molecule has 1 fully saturated rings. The Morgan fingerprint density at radius 2 is 2.30 bits per heavy atom. The molecule has 3 heterocycles. The highest BCUT2D eigenvalue weighted by atomic mass is 32.2. The van der Waals surface area contributed by atoms with Crippen molar-refractivity contribution in [2.45, 2.75) is 30.8 Å². The molecule has 13 heteroatoms. The highest BCUT2D eigenvalue weighted by molar-refractivity contribution is 8.00. The topological polar surface area (TPSA) is 154 Å². The third kappa shape index (κ3) is 4.08. The number of halogens is 1. The Morgan fingerprint density at radius 1 is 1.57 bits per heavy atom. The van der Waals surface area contributed by atoms with E-state index in [2.05, 4.69) is 26.6 Å². The highest BCUT2D eigenvalue weighted by Gasteiger charge is 2.55. The normalized spacial score (nSPS) is 21.1. The predicted octanol–water partition coefficient (Wildman–Crippen LogP) is -1.10. The van der Waals surface area contributed by atoms with Gasteiger partial charge in [0, 0.05) is 25.1 Å². The molecule has 2 aliphatic heterocycles. The van der Waals surface area contributed by atoms with E-state index in [1.54, 1.807) is 0 Å². The Morgan fingerprint density at radius 3 is 2.87 bits per heavy atom. The summed E-state index contributed by atoms with van der Waals surface area (Å²) < 4.78 is 17.9. The molecule has 0 radical (unpaired) electrons. The number of esters is 1. The quantitative estimate of drug-likeness (QED) is 0.180. The second-order valence-electron chi connectivity index (χ2n) is 6.31. The molecule has 11 nitrogen and oxygen atoms in total. The molecular weight excluding hydrogens is 421 g/mol. The van der Waals surface area contributed by atoms with Crippen LogP contribution >= 0.6 is 11.8 Å². The van der Waals surface area contributed by atoms with Crippen LogP contribution in [0.4, 0.5) is 4.39 Å². The maximum absolute atomic E-state index is 13.0. The number of fused-ring (bicyclic) bond motifs is 1. The number of aliphatic carboxylic acids is 1. The zero-order valence-electron chi connectivity index (χ0n) is 15.5. The molecule has 0 aliphatic carbocycles. The van der Waals surface area contributed by atoms with Crippen molar-refractivity contribution in [3.05, 3.63) is 29.4 Å². The second kappa shape index (κ2) is 8.46. The fraction of sp³-hybridized carbons (Fsp3) is 0.353. The molecule has 3 unspecified atom stereocenters. The summed E-state index contributed by atoms with van der Waals surface area (Å²) in [5, 5.41) is 13.8. The standard InChI is InChI=1S/C17H16FN5O6S/c1-3-19-9(4-8-5-20-17(18)21-8)13(25)22-11-14(26)23-12(16(27)28)10(29-7(2)24)6-30-15(11)23/h1,5,9,11,15,19H,4,6H2,2H3,(H,20,21)(H,22,25)(H,27,28). The Hall–Kier alpha value is -3.53. The molecule has 3 rings (SSSR count). The molecule has 2 aliphatic rings.